The SMILES string of the molecule is CCCCN1[SiH2]N(C)C1CCC. The van der Waals surface area contributed by atoms with Crippen LogP contribution in [0.15, 0.2) is 0 Å². The number of rotatable bonds is 5. The van der Waals surface area contributed by atoms with E-state index in [-0.39, 0.29) is 9.84 Å². The van der Waals surface area contributed by atoms with Crippen molar-refractivity contribution in [1.29, 1.82) is 0 Å². The standard InChI is InChI=1S/C9H22N2Si/c1-4-6-8-11-9(7-5-2)10(3)12-11/h9H,4-8,12H2,1-3H3. The Balaban J connectivity index is 2.18. The predicted molar refractivity (Wildman–Crippen MR) is 56.6 cm³/mol. The fraction of sp³-hybridized carbons (Fsp3) is 1.00. The molecule has 0 bridgehead atoms. The van der Waals surface area contributed by atoms with Crippen molar-refractivity contribution >= 4 is 9.84 Å². The Morgan fingerprint density at radius 1 is 1.25 bits per heavy atom. The van der Waals surface area contributed by atoms with Crippen LogP contribution in [0.2, 0.25) is 0 Å². The summed E-state index contributed by atoms with van der Waals surface area (Å²) >= 11 is 0. The first kappa shape index (κ1) is 10.2. The molecule has 1 unspecified atom stereocenters. The van der Waals surface area contributed by atoms with E-state index in [1.165, 1.54) is 32.2 Å². The number of unbranched alkanes of at least 4 members (excludes halogenated alkanes) is 1. The Morgan fingerprint density at radius 3 is 2.50 bits per heavy atom. The van der Waals surface area contributed by atoms with Crippen LogP contribution in [-0.2, 0) is 0 Å². The lowest BCUT2D eigenvalue weighted by Crippen LogP contribution is -2.64. The van der Waals surface area contributed by atoms with Gasteiger partial charge in [0.05, 0.1) is 6.17 Å². The van der Waals surface area contributed by atoms with E-state index in [1.807, 2.05) is 0 Å². The molecule has 0 N–H and O–H groups in total. The van der Waals surface area contributed by atoms with E-state index < -0.39 is 0 Å². The maximum atomic E-state index is 2.73. The molecule has 72 valence electrons. The lowest BCUT2D eigenvalue weighted by atomic mass is 10.2. The summed E-state index contributed by atoms with van der Waals surface area (Å²) in [5.74, 6) is 0. The van der Waals surface area contributed by atoms with Crippen molar-refractivity contribution in [3.63, 3.8) is 0 Å². The molecule has 0 spiro atoms. The second-order valence-corrected chi connectivity index (χ2v) is 5.93. The van der Waals surface area contributed by atoms with Gasteiger partial charge in [0.1, 0.15) is 0 Å². The summed E-state index contributed by atoms with van der Waals surface area (Å²) in [7, 11) is 2.31. The fourth-order valence-corrected chi connectivity index (χ4v) is 3.78. The van der Waals surface area contributed by atoms with Crippen LogP contribution in [0.5, 0.6) is 0 Å². The van der Waals surface area contributed by atoms with Crippen molar-refractivity contribution in [3.8, 4) is 0 Å². The summed E-state index contributed by atoms with van der Waals surface area (Å²) in [6.07, 6.45) is 6.24. The third-order valence-corrected chi connectivity index (χ3v) is 4.65. The Kier molecular flexibility index (Phi) is 4.25. The van der Waals surface area contributed by atoms with Crippen LogP contribution in [-0.4, -0.2) is 38.7 Å². The number of hydrogen-bond donors (Lipinski definition) is 0. The zero-order valence-corrected chi connectivity index (χ0v) is 10.1. The van der Waals surface area contributed by atoms with Gasteiger partial charge in [-0.05, 0) is 26.4 Å². The molecule has 0 aromatic rings. The summed E-state index contributed by atoms with van der Waals surface area (Å²) in [6, 6.07) is 0. The van der Waals surface area contributed by atoms with Gasteiger partial charge in [-0.1, -0.05) is 26.7 Å². The van der Waals surface area contributed by atoms with Crippen molar-refractivity contribution in [3.05, 3.63) is 0 Å². The van der Waals surface area contributed by atoms with E-state index in [9.17, 15) is 0 Å². The average molecular weight is 186 g/mol. The van der Waals surface area contributed by atoms with E-state index in [4.69, 9.17) is 0 Å². The van der Waals surface area contributed by atoms with Gasteiger partial charge >= 0.3 is 0 Å². The Bertz CT molecular complexity index is 130. The van der Waals surface area contributed by atoms with Crippen LogP contribution in [0.4, 0.5) is 0 Å². The summed E-state index contributed by atoms with van der Waals surface area (Å²) in [5, 5.41) is 0. The van der Waals surface area contributed by atoms with Gasteiger partial charge in [0.2, 0.25) is 0 Å². The van der Waals surface area contributed by atoms with E-state index in [0.29, 0.717) is 0 Å². The quantitative estimate of drug-likeness (QED) is 0.595. The first-order valence-electron chi connectivity index (χ1n) is 5.23. The monoisotopic (exact) mass is 186 g/mol. The highest BCUT2D eigenvalue weighted by Gasteiger charge is 2.31. The first-order chi connectivity index (χ1) is 5.79. The van der Waals surface area contributed by atoms with E-state index in [1.54, 1.807) is 0 Å². The molecule has 0 aromatic heterocycles. The van der Waals surface area contributed by atoms with Crippen molar-refractivity contribution in [2.45, 2.75) is 45.7 Å². The number of hydrogen-bond acceptors (Lipinski definition) is 2. The van der Waals surface area contributed by atoms with Crippen LogP contribution in [0, 0.1) is 0 Å². The van der Waals surface area contributed by atoms with E-state index in [0.717, 1.165) is 6.17 Å². The largest absolute Gasteiger partial charge is 0.305 e. The van der Waals surface area contributed by atoms with Gasteiger partial charge in [-0.2, -0.15) is 0 Å². The summed E-state index contributed by atoms with van der Waals surface area (Å²) in [5.41, 5.74) is 0. The second kappa shape index (κ2) is 4.99. The van der Waals surface area contributed by atoms with Crippen molar-refractivity contribution in [2.24, 2.45) is 0 Å². The van der Waals surface area contributed by atoms with Gasteiger partial charge in [0.15, 0.2) is 9.84 Å². The zero-order chi connectivity index (χ0) is 8.97. The maximum absolute atomic E-state index is 2.73. The molecular formula is C9H22N2Si. The van der Waals surface area contributed by atoms with Crippen LogP contribution in [0.25, 0.3) is 0 Å². The van der Waals surface area contributed by atoms with Crippen molar-refractivity contribution in [1.82, 2.24) is 9.13 Å². The lowest BCUT2D eigenvalue weighted by molar-refractivity contribution is 0.106. The van der Waals surface area contributed by atoms with Crippen LogP contribution < -0.4 is 0 Å². The molecule has 2 nitrogen and oxygen atoms in total. The zero-order valence-electron chi connectivity index (χ0n) is 8.71. The Labute approximate surface area is 78.9 Å². The first-order valence-corrected chi connectivity index (χ1v) is 6.50. The molecule has 12 heavy (non-hydrogen) atoms. The van der Waals surface area contributed by atoms with Gasteiger partial charge in [-0.25, -0.2) is 0 Å². The molecule has 1 saturated heterocycles. The average Bonchev–Trinajstić information content (AvgIpc) is 2.08. The minimum absolute atomic E-state index is 0.0219. The highest BCUT2D eigenvalue weighted by molar-refractivity contribution is 6.31. The van der Waals surface area contributed by atoms with Crippen LogP contribution in [0.1, 0.15) is 39.5 Å². The maximum Gasteiger partial charge on any atom is 0.175 e. The summed E-state index contributed by atoms with van der Waals surface area (Å²) in [6.45, 7) is 5.92. The van der Waals surface area contributed by atoms with Crippen LogP contribution >= 0.6 is 0 Å². The highest BCUT2D eigenvalue weighted by atomic mass is 28.2. The minimum atomic E-state index is 0.0219. The second-order valence-electron chi connectivity index (χ2n) is 3.83. The third-order valence-electron chi connectivity index (χ3n) is 2.68. The van der Waals surface area contributed by atoms with E-state index in [2.05, 4.69) is 30.0 Å². The molecule has 1 aliphatic heterocycles. The van der Waals surface area contributed by atoms with Gasteiger partial charge in [-0.3, -0.25) is 0 Å². The van der Waals surface area contributed by atoms with Gasteiger partial charge in [0, 0.05) is 0 Å². The number of nitrogens with zero attached hydrogens (tertiary/aromatic N) is 2. The van der Waals surface area contributed by atoms with Crippen molar-refractivity contribution < 1.29 is 0 Å². The molecule has 3 heteroatoms. The highest BCUT2D eigenvalue weighted by Crippen LogP contribution is 2.19. The lowest BCUT2D eigenvalue weighted by Gasteiger charge is -2.49. The van der Waals surface area contributed by atoms with Gasteiger partial charge in [0.25, 0.3) is 0 Å². The molecular weight excluding hydrogens is 164 g/mol. The van der Waals surface area contributed by atoms with Crippen LogP contribution in [0.3, 0.4) is 0 Å². The fourth-order valence-electron chi connectivity index (χ4n) is 1.90. The summed E-state index contributed by atoms with van der Waals surface area (Å²) in [4.78, 5) is 0. The molecule has 1 heterocycles. The van der Waals surface area contributed by atoms with E-state index >= 15 is 0 Å². The molecule has 1 aliphatic rings. The molecule has 0 radical (unpaired) electrons. The predicted octanol–water partition coefficient (Wildman–Crippen LogP) is 1.16. The molecule has 0 aromatic carbocycles. The Hall–Kier alpha value is 0.137. The molecule has 0 amide bonds. The smallest absolute Gasteiger partial charge is 0.175 e. The van der Waals surface area contributed by atoms with Crippen molar-refractivity contribution in [2.75, 3.05) is 13.6 Å². The molecule has 1 rings (SSSR count). The Morgan fingerprint density at radius 2 is 2.00 bits per heavy atom. The summed E-state index contributed by atoms with van der Waals surface area (Å²) < 4.78 is 5.31. The molecule has 0 aliphatic carbocycles. The van der Waals surface area contributed by atoms with Gasteiger partial charge < -0.3 is 9.13 Å². The topological polar surface area (TPSA) is 6.48 Å². The molecule has 0 saturated carbocycles. The molecule has 1 fully saturated rings. The minimum Gasteiger partial charge on any atom is -0.305 e. The normalized spacial score (nSPS) is 27.8. The molecule has 1 atom stereocenters. The van der Waals surface area contributed by atoms with Gasteiger partial charge in [-0.15, -0.1) is 0 Å². The third kappa shape index (κ3) is 2.31.